The Bertz CT molecular complexity index is 1110. The molecule has 3 aromatic carbocycles. The van der Waals surface area contributed by atoms with Gasteiger partial charge < -0.3 is 0 Å². The van der Waals surface area contributed by atoms with Crippen LogP contribution in [0.2, 0.25) is 0 Å². The first-order valence-electron chi connectivity index (χ1n) is 10.2. The van der Waals surface area contributed by atoms with Crippen LogP contribution in [-0.4, -0.2) is 0 Å². The maximum absolute atomic E-state index is 15.5. The van der Waals surface area contributed by atoms with Gasteiger partial charge in [0.1, 0.15) is 17.5 Å². The van der Waals surface area contributed by atoms with Crippen LogP contribution in [0.1, 0.15) is 53.5 Å². The van der Waals surface area contributed by atoms with Crippen LogP contribution in [0.3, 0.4) is 0 Å². The second-order valence-corrected chi connectivity index (χ2v) is 8.11. The highest BCUT2D eigenvalue weighted by Crippen LogP contribution is 2.47. The molecule has 4 rings (SSSR count). The normalized spacial score (nSPS) is 13.8. The van der Waals surface area contributed by atoms with Gasteiger partial charge in [0.15, 0.2) is 0 Å². The lowest BCUT2D eigenvalue weighted by Gasteiger charge is -2.17. The van der Waals surface area contributed by atoms with Crippen LogP contribution in [-0.2, 0) is 6.42 Å². The quantitative estimate of drug-likeness (QED) is 0.423. The third-order valence-electron chi connectivity index (χ3n) is 6.16. The van der Waals surface area contributed by atoms with Crippen LogP contribution in [0.5, 0.6) is 0 Å². The molecule has 0 saturated heterocycles. The average Bonchev–Trinajstić information content (AvgIpc) is 3.52. The smallest absolute Gasteiger partial charge is 0.134 e. The molecular weight excluding hydrogens is 369 g/mol. The highest BCUT2D eigenvalue weighted by atomic mass is 19.1. The van der Waals surface area contributed by atoms with Gasteiger partial charge in [-0.25, -0.2) is 13.2 Å². The molecule has 1 aliphatic carbocycles. The Morgan fingerprint density at radius 2 is 1.24 bits per heavy atom. The van der Waals surface area contributed by atoms with Gasteiger partial charge in [-0.15, -0.1) is 0 Å². The van der Waals surface area contributed by atoms with E-state index in [0.717, 1.165) is 18.4 Å². The molecule has 29 heavy (non-hydrogen) atoms. The molecule has 0 heterocycles. The third kappa shape index (κ3) is 3.27. The van der Waals surface area contributed by atoms with Crippen molar-refractivity contribution < 1.29 is 13.2 Å². The average molecular weight is 394 g/mol. The summed E-state index contributed by atoms with van der Waals surface area (Å²) in [6.45, 7) is 7.20. The largest absolute Gasteiger partial charge is 0.206 e. The van der Waals surface area contributed by atoms with Gasteiger partial charge in [-0.05, 0) is 84.9 Å². The fraction of sp³-hybridized carbons (Fsp3) is 0.308. The number of aryl methyl sites for hydroxylation is 2. The lowest BCUT2D eigenvalue weighted by atomic mass is 9.89. The van der Waals surface area contributed by atoms with Crippen LogP contribution in [0, 0.1) is 38.2 Å². The van der Waals surface area contributed by atoms with Crippen LogP contribution in [0.15, 0.2) is 36.4 Å². The van der Waals surface area contributed by atoms with E-state index < -0.39 is 5.82 Å². The Morgan fingerprint density at radius 1 is 0.690 bits per heavy atom. The molecular formula is C26H25F3. The van der Waals surface area contributed by atoms with Crippen molar-refractivity contribution in [3.63, 3.8) is 0 Å². The number of hydrogen-bond acceptors (Lipinski definition) is 0. The van der Waals surface area contributed by atoms with E-state index in [0.29, 0.717) is 50.9 Å². The molecule has 0 radical (unpaired) electrons. The Balaban J connectivity index is 1.88. The number of rotatable bonds is 4. The number of benzene rings is 3. The monoisotopic (exact) mass is 394 g/mol. The summed E-state index contributed by atoms with van der Waals surface area (Å²) in [4.78, 5) is 0. The van der Waals surface area contributed by atoms with Crippen molar-refractivity contribution in [2.45, 2.75) is 52.9 Å². The molecule has 3 heteroatoms. The van der Waals surface area contributed by atoms with Crippen LogP contribution < -0.4 is 0 Å². The molecule has 1 saturated carbocycles. The molecule has 0 aromatic heterocycles. The van der Waals surface area contributed by atoms with Gasteiger partial charge in [0.2, 0.25) is 0 Å². The standard InChI is InChI=1S/C26H25F3/c1-5-18-14(2)6-11-21(26(18)29)19-12-13-22(25(28)16(19)4)20-10-7-15(3)24(27)23(20)17-8-9-17/h6-7,10-13,17H,5,8-9H2,1-4H3. The molecule has 0 aliphatic heterocycles. The SMILES string of the molecule is CCc1c(C)ccc(-c2ccc(-c3ccc(C)c(F)c3C3CC3)c(F)c2C)c1F. The van der Waals surface area contributed by atoms with Crippen molar-refractivity contribution in [1.29, 1.82) is 0 Å². The fourth-order valence-corrected chi connectivity index (χ4v) is 4.25. The summed E-state index contributed by atoms with van der Waals surface area (Å²) in [5.41, 5.74) is 5.08. The molecule has 1 fully saturated rings. The van der Waals surface area contributed by atoms with E-state index in [1.54, 1.807) is 38.1 Å². The van der Waals surface area contributed by atoms with E-state index in [1.807, 2.05) is 26.0 Å². The molecule has 0 bridgehead atoms. The number of hydrogen-bond donors (Lipinski definition) is 0. The lowest BCUT2D eigenvalue weighted by molar-refractivity contribution is 0.600. The van der Waals surface area contributed by atoms with E-state index in [-0.39, 0.29) is 17.6 Å². The van der Waals surface area contributed by atoms with E-state index in [4.69, 9.17) is 0 Å². The summed E-state index contributed by atoms with van der Waals surface area (Å²) in [7, 11) is 0. The molecule has 3 aromatic rings. The first kappa shape index (κ1) is 19.8. The molecule has 0 spiro atoms. The topological polar surface area (TPSA) is 0 Å². The fourth-order valence-electron chi connectivity index (χ4n) is 4.25. The van der Waals surface area contributed by atoms with Crippen LogP contribution >= 0.6 is 0 Å². The Hall–Kier alpha value is -2.55. The second kappa shape index (κ2) is 7.37. The summed E-state index contributed by atoms with van der Waals surface area (Å²) in [5, 5.41) is 0. The maximum Gasteiger partial charge on any atom is 0.134 e. The van der Waals surface area contributed by atoms with Gasteiger partial charge in [0.05, 0.1) is 0 Å². The zero-order chi connectivity index (χ0) is 20.9. The summed E-state index contributed by atoms with van der Waals surface area (Å²) >= 11 is 0. The minimum atomic E-state index is -0.411. The first-order chi connectivity index (χ1) is 13.8. The zero-order valence-corrected chi connectivity index (χ0v) is 17.3. The predicted octanol–water partition coefficient (Wildman–Crippen LogP) is 7.80. The molecule has 0 unspecified atom stereocenters. The zero-order valence-electron chi connectivity index (χ0n) is 17.3. The van der Waals surface area contributed by atoms with Crippen molar-refractivity contribution in [2.24, 2.45) is 0 Å². The van der Waals surface area contributed by atoms with Crippen molar-refractivity contribution in [2.75, 3.05) is 0 Å². The van der Waals surface area contributed by atoms with Crippen molar-refractivity contribution in [3.8, 4) is 22.3 Å². The van der Waals surface area contributed by atoms with E-state index >= 15 is 8.78 Å². The molecule has 0 atom stereocenters. The van der Waals surface area contributed by atoms with E-state index in [2.05, 4.69) is 0 Å². The summed E-state index contributed by atoms with van der Waals surface area (Å²) < 4.78 is 45.4. The minimum Gasteiger partial charge on any atom is -0.206 e. The van der Waals surface area contributed by atoms with Gasteiger partial charge in [-0.2, -0.15) is 0 Å². The van der Waals surface area contributed by atoms with Gasteiger partial charge in [-0.3, -0.25) is 0 Å². The molecule has 0 amide bonds. The van der Waals surface area contributed by atoms with E-state index in [9.17, 15) is 4.39 Å². The maximum atomic E-state index is 15.5. The Morgan fingerprint density at radius 3 is 1.90 bits per heavy atom. The van der Waals surface area contributed by atoms with E-state index in [1.165, 1.54) is 0 Å². The molecule has 0 nitrogen and oxygen atoms in total. The highest BCUT2D eigenvalue weighted by molar-refractivity contribution is 5.77. The number of halogens is 3. The molecule has 0 N–H and O–H groups in total. The summed E-state index contributed by atoms with van der Waals surface area (Å²) in [5.74, 6) is -0.775. The van der Waals surface area contributed by atoms with Gasteiger partial charge in [0, 0.05) is 11.1 Å². The molecule has 1 aliphatic rings. The first-order valence-corrected chi connectivity index (χ1v) is 10.2. The van der Waals surface area contributed by atoms with Gasteiger partial charge in [0.25, 0.3) is 0 Å². The van der Waals surface area contributed by atoms with Crippen LogP contribution in [0.4, 0.5) is 13.2 Å². The summed E-state index contributed by atoms with van der Waals surface area (Å²) in [6, 6.07) is 10.5. The van der Waals surface area contributed by atoms with Gasteiger partial charge >= 0.3 is 0 Å². The lowest BCUT2D eigenvalue weighted by Crippen LogP contribution is -2.01. The van der Waals surface area contributed by atoms with Crippen molar-refractivity contribution in [3.05, 3.63) is 81.7 Å². The highest BCUT2D eigenvalue weighted by Gasteiger charge is 2.31. The van der Waals surface area contributed by atoms with Crippen molar-refractivity contribution >= 4 is 0 Å². The van der Waals surface area contributed by atoms with Crippen LogP contribution in [0.25, 0.3) is 22.3 Å². The van der Waals surface area contributed by atoms with Gasteiger partial charge in [-0.1, -0.05) is 43.3 Å². The third-order valence-corrected chi connectivity index (χ3v) is 6.16. The Kier molecular flexibility index (Phi) is 5.02. The Labute approximate surface area is 170 Å². The minimum absolute atomic E-state index is 0.158. The molecule has 150 valence electrons. The second-order valence-electron chi connectivity index (χ2n) is 8.11. The predicted molar refractivity (Wildman–Crippen MR) is 113 cm³/mol. The summed E-state index contributed by atoms with van der Waals surface area (Å²) in [6.07, 6.45) is 2.44. The van der Waals surface area contributed by atoms with Crippen molar-refractivity contribution in [1.82, 2.24) is 0 Å².